The van der Waals surface area contributed by atoms with Gasteiger partial charge in [-0.1, -0.05) is 19.9 Å². The molecular formula is C17H22N4O4. The molecule has 1 fully saturated rings. The van der Waals surface area contributed by atoms with Crippen LogP contribution in [0.3, 0.4) is 0 Å². The van der Waals surface area contributed by atoms with Crippen LogP contribution in [0.4, 0.5) is 10.5 Å². The zero-order chi connectivity index (χ0) is 18.6. The van der Waals surface area contributed by atoms with Crippen LogP contribution < -0.4 is 16.0 Å². The molecule has 134 valence electrons. The summed E-state index contributed by atoms with van der Waals surface area (Å²) < 4.78 is 0. The maximum absolute atomic E-state index is 12.5. The van der Waals surface area contributed by atoms with Gasteiger partial charge in [0.15, 0.2) is 0 Å². The Bertz CT molecular complexity index is 712. The van der Waals surface area contributed by atoms with Crippen molar-refractivity contribution in [3.8, 4) is 0 Å². The molecule has 1 aliphatic rings. The van der Waals surface area contributed by atoms with E-state index in [-0.39, 0.29) is 12.5 Å². The van der Waals surface area contributed by atoms with Gasteiger partial charge in [0.2, 0.25) is 5.91 Å². The minimum Gasteiger partial charge on any atom is -0.355 e. The molecule has 0 aromatic heterocycles. The SMILES string of the molecule is CCC1(CC)NC(=O)N(CC(=O)Nc2cccc(C(=O)NC)c2)C1=O. The molecule has 0 bridgehead atoms. The summed E-state index contributed by atoms with van der Waals surface area (Å²) in [6.07, 6.45) is 0.917. The zero-order valence-corrected chi connectivity index (χ0v) is 14.5. The lowest BCUT2D eigenvalue weighted by Crippen LogP contribution is -2.46. The van der Waals surface area contributed by atoms with Gasteiger partial charge in [0.1, 0.15) is 12.1 Å². The molecule has 1 aromatic rings. The molecule has 1 aliphatic heterocycles. The number of nitrogens with one attached hydrogen (secondary N) is 3. The second-order valence-electron chi connectivity index (χ2n) is 5.82. The maximum atomic E-state index is 12.5. The lowest BCUT2D eigenvalue weighted by molar-refractivity contribution is -0.134. The van der Waals surface area contributed by atoms with Crippen molar-refractivity contribution in [1.82, 2.24) is 15.5 Å². The van der Waals surface area contributed by atoms with Crippen LogP contribution in [0.5, 0.6) is 0 Å². The van der Waals surface area contributed by atoms with Gasteiger partial charge in [-0.15, -0.1) is 0 Å². The van der Waals surface area contributed by atoms with Crippen LogP contribution in [0.25, 0.3) is 0 Å². The van der Waals surface area contributed by atoms with Crippen LogP contribution in [0.15, 0.2) is 24.3 Å². The smallest absolute Gasteiger partial charge is 0.325 e. The average molecular weight is 346 g/mol. The molecule has 0 aliphatic carbocycles. The summed E-state index contributed by atoms with van der Waals surface area (Å²) in [6, 6.07) is 5.82. The molecule has 0 atom stereocenters. The van der Waals surface area contributed by atoms with E-state index in [0.29, 0.717) is 24.1 Å². The molecule has 5 amide bonds. The fourth-order valence-electron chi connectivity index (χ4n) is 2.78. The number of urea groups is 1. The van der Waals surface area contributed by atoms with Crippen molar-refractivity contribution in [2.45, 2.75) is 32.2 Å². The fourth-order valence-corrected chi connectivity index (χ4v) is 2.78. The van der Waals surface area contributed by atoms with E-state index >= 15 is 0 Å². The third-order valence-electron chi connectivity index (χ3n) is 4.39. The fraction of sp³-hybridized carbons (Fsp3) is 0.412. The minimum absolute atomic E-state index is 0.277. The zero-order valence-electron chi connectivity index (χ0n) is 14.5. The molecule has 2 rings (SSSR count). The number of carbonyl (C=O) groups excluding carboxylic acids is 4. The van der Waals surface area contributed by atoms with Crippen molar-refractivity contribution in [2.75, 3.05) is 18.9 Å². The molecular weight excluding hydrogens is 324 g/mol. The highest BCUT2D eigenvalue weighted by atomic mass is 16.2. The first-order valence-corrected chi connectivity index (χ1v) is 8.13. The van der Waals surface area contributed by atoms with Crippen LogP contribution in [0, 0.1) is 0 Å². The molecule has 3 N–H and O–H groups in total. The Balaban J connectivity index is 2.07. The summed E-state index contributed by atoms with van der Waals surface area (Å²) in [6.45, 7) is 3.25. The Morgan fingerprint density at radius 3 is 2.44 bits per heavy atom. The standard InChI is InChI=1S/C17H22N4O4/c1-4-17(5-2)15(24)21(16(25)20-17)10-13(22)19-12-8-6-7-11(9-12)14(23)18-3/h6-9H,4-5,10H2,1-3H3,(H,18,23)(H,19,22)(H,20,25). The van der Waals surface area contributed by atoms with Gasteiger partial charge in [-0.2, -0.15) is 0 Å². The van der Waals surface area contributed by atoms with E-state index in [4.69, 9.17) is 0 Å². The Morgan fingerprint density at radius 2 is 1.88 bits per heavy atom. The summed E-state index contributed by atoms with van der Waals surface area (Å²) in [5.74, 6) is -1.18. The van der Waals surface area contributed by atoms with Gasteiger partial charge in [-0.3, -0.25) is 19.3 Å². The number of rotatable bonds is 6. The molecule has 0 unspecified atom stereocenters. The van der Waals surface area contributed by atoms with Gasteiger partial charge < -0.3 is 16.0 Å². The average Bonchev–Trinajstić information content (AvgIpc) is 2.85. The van der Waals surface area contributed by atoms with E-state index in [0.717, 1.165) is 4.90 Å². The van der Waals surface area contributed by atoms with Gasteiger partial charge in [-0.05, 0) is 31.0 Å². The number of nitrogens with zero attached hydrogens (tertiary/aromatic N) is 1. The van der Waals surface area contributed by atoms with Crippen LogP contribution in [-0.2, 0) is 9.59 Å². The molecule has 25 heavy (non-hydrogen) atoms. The Morgan fingerprint density at radius 1 is 1.20 bits per heavy atom. The first-order chi connectivity index (χ1) is 11.9. The van der Waals surface area contributed by atoms with E-state index in [2.05, 4.69) is 16.0 Å². The van der Waals surface area contributed by atoms with Gasteiger partial charge in [0.25, 0.3) is 11.8 Å². The van der Waals surface area contributed by atoms with E-state index in [1.807, 2.05) is 13.8 Å². The highest BCUT2D eigenvalue weighted by molar-refractivity contribution is 6.10. The summed E-state index contributed by atoms with van der Waals surface area (Å²) in [7, 11) is 1.51. The first-order valence-electron chi connectivity index (χ1n) is 8.13. The predicted octanol–water partition coefficient (Wildman–Crippen LogP) is 1.10. The van der Waals surface area contributed by atoms with Crippen LogP contribution in [0.1, 0.15) is 37.0 Å². The summed E-state index contributed by atoms with van der Waals surface area (Å²) in [4.78, 5) is 49.3. The molecule has 0 saturated carbocycles. The van der Waals surface area contributed by atoms with Crippen molar-refractivity contribution >= 4 is 29.4 Å². The van der Waals surface area contributed by atoms with Crippen molar-refractivity contribution in [1.29, 1.82) is 0 Å². The number of hydrogen-bond donors (Lipinski definition) is 3. The van der Waals surface area contributed by atoms with Gasteiger partial charge in [0, 0.05) is 18.3 Å². The normalized spacial score (nSPS) is 15.7. The minimum atomic E-state index is -0.934. The monoisotopic (exact) mass is 346 g/mol. The lowest BCUT2D eigenvalue weighted by atomic mass is 9.93. The maximum Gasteiger partial charge on any atom is 0.325 e. The Hall–Kier alpha value is -2.90. The van der Waals surface area contributed by atoms with Crippen molar-refractivity contribution < 1.29 is 19.2 Å². The highest BCUT2D eigenvalue weighted by Crippen LogP contribution is 2.24. The van der Waals surface area contributed by atoms with E-state index in [1.165, 1.54) is 13.1 Å². The van der Waals surface area contributed by atoms with E-state index in [9.17, 15) is 19.2 Å². The second kappa shape index (κ2) is 7.33. The molecule has 0 radical (unpaired) electrons. The third-order valence-corrected chi connectivity index (χ3v) is 4.39. The summed E-state index contributed by atoms with van der Waals surface area (Å²) in [5.41, 5.74) is -0.127. The number of carbonyl (C=O) groups is 4. The van der Waals surface area contributed by atoms with Gasteiger partial charge in [0.05, 0.1) is 0 Å². The van der Waals surface area contributed by atoms with Crippen molar-refractivity contribution in [3.05, 3.63) is 29.8 Å². The van der Waals surface area contributed by atoms with Crippen molar-refractivity contribution in [3.63, 3.8) is 0 Å². The largest absolute Gasteiger partial charge is 0.355 e. The van der Waals surface area contributed by atoms with Crippen LogP contribution in [0.2, 0.25) is 0 Å². The Kier molecular flexibility index (Phi) is 5.41. The van der Waals surface area contributed by atoms with E-state index in [1.54, 1.807) is 18.2 Å². The number of anilines is 1. The lowest BCUT2D eigenvalue weighted by Gasteiger charge is -2.23. The summed E-state index contributed by atoms with van der Waals surface area (Å²) >= 11 is 0. The summed E-state index contributed by atoms with van der Waals surface area (Å²) in [5, 5.41) is 7.77. The predicted molar refractivity (Wildman–Crippen MR) is 92.0 cm³/mol. The van der Waals surface area contributed by atoms with Crippen LogP contribution >= 0.6 is 0 Å². The number of hydrogen-bond acceptors (Lipinski definition) is 4. The third kappa shape index (κ3) is 3.62. The number of imide groups is 1. The molecule has 8 nitrogen and oxygen atoms in total. The number of amides is 5. The Labute approximate surface area is 145 Å². The highest BCUT2D eigenvalue weighted by Gasteiger charge is 2.49. The van der Waals surface area contributed by atoms with Crippen molar-refractivity contribution in [2.24, 2.45) is 0 Å². The molecule has 0 spiro atoms. The van der Waals surface area contributed by atoms with Gasteiger partial charge >= 0.3 is 6.03 Å². The first kappa shape index (κ1) is 18.4. The topological polar surface area (TPSA) is 108 Å². The quantitative estimate of drug-likeness (QED) is 0.670. The van der Waals surface area contributed by atoms with Crippen LogP contribution in [-0.4, -0.2) is 47.8 Å². The van der Waals surface area contributed by atoms with Gasteiger partial charge in [-0.25, -0.2) is 4.79 Å². The number of benzene rings is 1. The second-order valence-corrected chi connectivity index (χ2v) is 5.82. The molecule has 1 heterocycles. The molecule has 8 heteroatoms. The molecule has 1 aromatic carbocycles. The van der Waals surface area contributed by atoms with E-state index < -0.39 is 23.4 Å². The molecule has 1 saturated heterocycles.